The smallest absolute Gasteiger partial charge is 0.335 e. The number of carboxylic acid groups (broad SMARTS) is 1. The van der Waals surface area contributed by atoms with Crippen LogP contribution in [0.1, 0.15) is 27.0 Å². The molecule has 0 aromatic heterocycles. The van der Waals surface area contributed by atoms with Crippen molar-refractivity contribution in [2.24, 2.45) is 5.14 Å². The Balaban J connectivity index is 0.000000240. The molecule has 74 heavy (non-hydrogen) atoms. The predicted octanol–water partition coefficient (Wildman–Crippen LogP) is 3.33. The molecule has 0 saturated carbocycles. The third kappa shape index (κ3) is 19.3. The van der Waals surface area contributed by atoms with E-state index in [1.54, 1.807) is 36.4 Å². The number of amides is 3. The molecule has 0 heterocycles. The molecule has 0 aliphatic rings. The highest BCUT2D eigenvalue weighted by molar-refractivity contribution is 7.90. The van der Waals surface area contributed by atoms with Gasteiger partial charge >= 0.3 is 5.97 Å². The van der Waals surface area contributed by atoms with Crippen molar-refractivity contribution in [3.8, 4) is 0 Å². The van der Waals surface area contributed by atoms with E-state index in [-0.39, 0.29) is 35.7 Å². The van der Waals surface area contributed by atoms with Gasteiger partial charge in [-0.1, -0.05) is 53.1 Å². The lowest BCUT2D eigenvalue weighted by Crippen LogP contribution is -2.32. The summed E-state index contributed by atoms with van der Waals surface area (Å²) in [4.78, 5) is 46.0. The molecule has 0 saturated heterocycles. The van der Waals surface area contributed by atoms with Crippen molar-refractivity contribution >= 4 is 91.0 Å². The predicted molar refractivity (Wildman–Crippen MR) is 272 cm³/mol. The van der Waals surface area contributed by atoms with E-state index in [0.29, 0.717) is 11.4 Å². The summed E-state index contributed by atoms with van der Waals surface area (Å²) in [5.74, 6) is -2.86. The van der Waals surface area contributed by atoms with Gasteiger partial charge in [0.25, 0.3) is 10.1 Å². The number of sulfonamides is 4. The maximum atomic E-state index is 12.1. The lowest BCUT2D eigenvalue weighted by atomic mass is 10.2. The van der Waals surface area contributed by atoms with Gasteiger partial charge in [0.15, 0.2) is 0 Å². The fourth-order valence-corrected chi connectivity index (χ4v) is 9.58. The average molecular weight is 1120 g/mol. The molecule has 0 aliphatic heterocycles. The minimum Gasteiger partial charge on any atom is -0.478 e. The molecule has 6 aromatic rings. The van der Waals surface area contributed by atoms with Crippen LogP contribution in [0.15, 0.2) is 170 Å². The standard InChI is InChI=1S/C16H16N2O5S.C15H17N3O5S2.C15H16N2O6S2/c1-11-2-8-14(9-3-11)24(22,23)17-10-15(19)18-13-6-4-12(5-7-13)16(20)21;1-11-2-6-14(7-3-11)25(22,23)17-10-15(19)18-12-4-8-13(9-5-12)24(16,20)21;1-11-2-6-13(7-3-11)24(19,20)16-10-15(18)17-12-4-8-14(9-5-12)25(21,22)23/h2-9,17H,10H2,1H3,(H,18,19)(H,20,21);2-9,17H,10H2,1H3,(H,18,19)(H2,16,20,21);2-9,16H,10H2,1H3,(H,17,18)(H,21,22,23). The summed E-state index contributed by atoms with van der Waals surface area (Å²) in [6, 6.07) is 34.1. The molecule has 10 N–H and O–H groups in total. The Morgan fingerprint density at radius 2 is 0.635 bits per heavy atom. The van der Waals surface area contributed by atoms with Crippen molar-refractivity contribution < 1.29 is 70.9 Å². The van der Waals surface area contributed by atoms with Crippen molar-refractivity contribution in [3.05, 3.63) is 168 Å². The quantitative estimate of drug-likeness (QED) is 0.0557. The molecular weight excluding hydrogens is 1070 g/mol. The van der Waals surface area contributed by atoms with Gasteiger partial charge in [0.2, 0.25) is 57.8 Å². The number of nitrogens with one attached hydrogen (secondary N) is 6. The number of carbonyl (C=O) groups excluding carboxylic acids is 3. The van der Waals surface area contributed by atoms with E-state index in [1.807, 2.05) is 20.8 Å². The second-order valence-electron chi connectivity index (χ2n) is 15.5. The van der Waals surface area contributed by atoms with Crippen LogP contribution in [0.5, 0.6) is 0 Å². The van der Waals surface area contributed by atoms with Crippen molar-refractivity contribution in [3.63, 3.8) is 0 Å². The molecule has 0 unspecified atom stereocenters. The van der Waals surface area contributed by atoms with Gasteiger partial charge in [-0.2, -0.15) is 8.42 Å². The highest BCUT2D eigenvalue weighted by Gasteiger charge is 2.19. The van der Waals surface area contributed by atoms with Gasteiger partial charge in [0, 0.05) is 17.1 Å². The van der Waals surface area contributed by atoms with Gasteiger partial charge in [0.05, 0.1) is 49.7 Å². The van der Waals surface area contributed by atoms with Crippen molar-refractivity contribution in [1.82, 2.24) is 14.2 Å². The summed E-state index contributed by atoms with van der Waals surface area (Å²) in [5, 5.41) is 21.1. The third-order valence-electron chi connectivity index (χ3n) is 9.58. The summed E-state index contributed by atoms with van der Waals surface area (Å²) in [6.07, 6.45) is 0. The number of aryl methyl sites for hydroxylation is 3. The Bertz CT molecular complexity index is 3370. The molecule has 0 spiro atoms. The maximum absolute atomic E-state index is 12.1. The van der Waals surface area contributed by atoms with E-state index in [1.165, 1.54) is 97.1 Å². The van der Waals surface area contributed by atoms with Crippen LogP contribution < -0.4 is 35.3 Å². The fraction of sp³-hybridized carbons (Fsp3) is 0.130. The number of nitrogens with two attached hydrogens (primary N) is 1. The zero-order chi connectivity index (χ0) is 55.1. The monoisotopic (exact) mass is 1120 g/mol. The zero-order valence-electron chi connectivity index (χ0n) is 39.2. The van der Waals surface area contributed by atoms with Crippen LogP contribution in [0.4, 0.5) is 17.1 Å². The maximum Gasteiger partial charge on any atom is 0.335 e. The number of hydrogen-bond acceptors (Lipinski definition) is 14. The average Bonchev–Trinajstić information content (AvgIpc) is 3.33. The molecular formula is C46H49N7O16S5. The van der Waals surface area contributed by atoms with Gasteiger partial charge in [-0.05, 0) is 130 Å². The number of rotatable bonds is 18. The number of hydrogen-bond donors (Lipinski definition) is 9. The summed E-state index contributed by atoms with van der Waals surface area (Å²) in [7, 11) is -19.5. The van der Waals surface area contributed by atoms with Crippen LogP contribution in [0.3, 0.4) is 0 Å². The minimum absolute atomic E-state index is 0.0448. The van der Waals surface area contributed by atoms with Crippen LogP contribution in [-0.2, 0) is 64.6 Å². The number of aromatic carboxylic acids is 1. The molecule has 0 aliphatic carbocycles. The van der Waals surface area contributed by atoms with Gasteiger partial charge < -0.3 is 21.1 Å². The Hall–Kier alpha value is -7.25. The van der Waals surface area contributed by atoms with Gasteiger partial charge in [0.1, 0.15) is 0 Å². The number of benzene rings is 6. The largest absolute Gasteiger partial charge is 0.478 e. The van der Waals surface area contributed by atoms with Crippen LogP contribution in [0.2, 0.25) is 0 Å². The number of carboxylic acids is 1. The third-order valence-corrected chi connectivity index (χ3v) is 15.6. The molecule has 6 aromatic carbocycles. The lowest BCUT2D eigenvalue weighted by molar-refractivity contribution is -0.115. The fourth-order valence-electron chi connectivity index (χ4n) is 5.63. The normalized spacial score (nSPS) is 11.6. The van der Waals surface area contributed by atoms with E-state index >= 15 is 0 Å². The molecule has 0 fully saturated rings. The molecule has 0 atom stereocenters. The first kappa shape index (κ1) is 59.3. The highest BCUT2D eigenvalue weighted by atomic mass is 32.2. The minimum atomic E-state index is -4.32. The second-order valence-corrected chi connectivity index (χ2v) is 23.8. The van der Waals surface area contributed by atoms with Crippen molar-refractivity contribution in [2.45, 2.75) is 45.2 Å². The zero-order valence-corrected chi connectivity index (χ0v) is 43.3. The molecule has 23 nitrogen and oxygen atoms in total. The van der Waals surface area contributed by atoms with Gasteiger partial charge in [-0.25, -0.2) is 57.8 Å². The number of anilines is 3. The molecule has 3 amide bonds. The SMILES string of the molecule is Cc1ccc(S(=O)(=O)NCC(=O)Nc2ccc(C(=O)O)cc2)cc1.Cc1ccc(S(=O)(=O)NCC(=O)Nc2ccc(S(=O)(=O)O)cc2)cc1.Cc1ccc(S(=O)(=O)NCC(=O)Nc2ccc(S(N)(=O)=O)cc2)cc1. The first-order valence-corrected chi connectivity index (χ1v) is 28.5. The van der Waals surface area contributed by atoms with E-state index in [2.05, 4.69) is 30.1 Å². The van der Waals surface area contributed by atoms with E-state index < -0.39 is 93.5 Å². The van der Waals surface area contributed by atoms with E-state index in [9.17, 15) is 61.3 Å². The summed E-state index contributed by atoms with van der Waals surface area (Å²) in [6.45, 7) is 4.11. The second kappa shape index (κ2) is 25.6. The summed E-state index contributed by atoms with van der Waals surface area (Å²) >= 11 is 0. The van der Waals surface area contributed by atoms with Crippen LogP contribution >= 0.6 is 0 Å². The topological polar surface area (TPSA) is 378 Å². The van der Waals surface area contributed by atoms with Gasteiger partial charge in [-0.3, -0.25) is 18.9 Å². The number of carbonyl (C=O) groups is 4. The van der Waals surface area contributed by atoms with Crippen molar-refractivity contribution in [1.29, 1.82) is 0 Å². The highest BCUT2D eigenvalue weighted by Crippen LogP contribution is 2.16. The first-order chi connectivity index (χ1) is 34.4. The van der Waals surface area contributed by atoms with Crippen LogP contribution in [-0.4, -0.2) is 95.1 Å². The molecule has 0 bridgehead atoms. The van der Waals surface area contributed by atoms with Crippen molar-refractivity contribution in [2.75, 3.05) is 35.6 Å². The summed E-state index contributed by atoms with van der Waals surface area (Å²) < 4.78 is 132. The molecule has 6 rings (SSSR count). The van der Waals surface area contributed by atoms with Crippen LogP contribution in [0, 0.1) is 20.8 Å². The molecule has 28 heteroatoms. The van der Waals surface area contributed by atoms with Gasteiger partial charge in [-0.15, -0.1) is 0 Å². The Kier molecular flexibility index (Phi) is 20.5. The molecule has 394 valence electrons. The lowest BCUT2D eigenvalue weighted by Gasteiger charge is -2.08. The first-order valence-electron chi connectivity index (χ1n) is 21.1. The van der Waals surface area contributed by atoms with E-state index in [0.717, 1.165) is 28.8 Å². The summed E-state index contributed by atoms with van der Waals surface area (Å²) in [5.41, 5.74) is 3.78. The Morgan fingerprint density at radius 3 is 0.878 bits per heavy atom. The molecule has 0 radical (unpaired) electrons. The Labute approximate surface area is 427 Å². The number of primary sulfonamides is 1. The van der Waals surface area contributed by atoms with E-state index in [4.69, 9.17) is 14.8 Å². The van der Waals surface area contributed by atoms with Crippen LogP contribution in [0.25, 0.3) is 0 Å². The Morgan fingerprint density at radius 1 is 0.392 bits per heavy atom.